The number of likely N-dealkylation sites (tertiary alicyclic amines) is 1. The summed E-state index contributed by atoms with van der Waals surface area (Å²) in [6.07, 6.45) is 9.10. The van der Waals surface area contributed by atoms with Gasteiger partial charge in [0.15, 0.2) is 0 Å². The molecule has 0 aromatic heterocycles. The van der Waals surface area contributed by atoms with Crippen molar-refractivity contribution in [3.8, 4) is 0 Å². The van der Waals surface area contributed by atoms with E-state index in [0.717, 1.165) is 31.8 Å². The van der Waals surface area contributed by atoms with Gasteiger partial charge in [0.05, 0.1) is 6.61 Å². The first-order chi connectivity index (χ1) is 13.8. The summed E-state index contributed by atoms with van der Waals surface area (Å²) in [5, 5.41) is 10.2. The summed E-state index contributed by atoms with van der Waals surface area (Å²) in [6, 6.07) is 21.9. The highest BCUT2D eigenvalue weighted by Gasteiger charge is 2.37. The van der Waals surface area contributed by atoms with Crippen LogP contribution in [0.2, 0.25) is 0 Å². The summed E-state index contributed by atoms with van der Waals surface area (Å²) in [5.41, 5.74) is 2.78. The van der Waals surface area contributed by atoms with E-state index in [4.69, 9.17) is 0 Å². The van der Waals surface area contributed by atoms with Crippen LogP contribution in [0.3, 0.4) is 0 Å². The molecule has 3 heteroatoms. The molecule has 0 spiro atoms. The first kappa shape index (κ1) is 22.3. The van der Waals surface area contributed by atoms with Gasteiger partial charge in [-0.1, -0.05) is 79.9 Å². The molecule has 0 radical (unpaired) electrons. The highest BCUT2D eigenvalue weighted by Crippen LogP contribution is 2.39. The highest BCUT2D eigenvalue weighted by atomic mass is 35.5. The van der Waals surface area contributed by atoms with Crippen LogP contribution in [0, 0.1) is 5.92 Å². The lowest BCUT2D eigenvalue weighted by Crippen LogP contribution is -2.46. The van der Waals surface area contributed by atoms with Crippen molar-refractivity contribution in [2.75, 3.05) is 26.2 Å². The molecule has 29 heavy (non-hydrogen) atoms. The van der Waals surface area contributed by atoms with Gasteiger partial charge in [0.25, 0.3) is 0 Å². The predicted molar refractivity (Wildman–Crippen MR) is 124 cm³/mol. The van der Waals surface area contributed by atoms with Crippen LogP contribution < -0.4 is 0 Å². The predicted octanol–water partition coefficient (Wildman–Crippen LogP) is 5.80. The van der Waals surface area contributed by atoms with Crippen molar-refractivity contribution in [2.24, 2.45) is 5.92 Å². The second-order valence-corrected chi connectivity index (χ2v) is 9.02. The normalized spacial score (nSPS) is 21.3. The minimum Gasteiger partial charge on any atom is -0.395 e. The largest absolute Gasteiger partial charge is 0.395 e. The Morgan fingerprint density at radius 3 is 2.03 bits per heavy atom. The van der Waals surface area contributed by atoms with E-state index in [2.05, 4.69) is 65.6 Å². The lowest BCUT2D eigenvalue weighted by molar-refractivity contribution is 0.0907. The Bertz CT molecular complexity index is 706. The number of benzene rings is 2. The average Bonchev–Trinajstić information content (AvgIpc) is 2.80. The van der Waals surface area contributed by atoms with Gasteiger partial charge in [-0.2, -0.15) is 0 Å². The van der Waals surface area contributed by atoms with Gasteiger partial charge < -0.3 is 10.0 Å². The van der Waals surface area contributed by atoms with Crippen molar-refractivity contribution in [3.63, 3.8) is 0 Å². The van der Waals surface area contributed by atoms with Gasteiger partial charge in [0.2, 0.25) is 0 Å². The summed E-state index contributed by atoms with van der Waals surface area (Å²) < 4.78 is 0. The monoisotopic (exact) mass is 413 g/mol. The molecule has 2 aromatic carbocycles. The molecular weight excluding hydrogens is 378 g/mol. The van der Waals surface area contributed by atoms with E-state index in [9.17, 15) is 5.11 Å². The van der Waals surface area contributed by atoms with E-state index in [1.54, 1.807) is 0 Å². The number of hydrogen-bond donors (Lipinski definition) is 1. The van der Waals surface area contributed by atoms with Crippen LogP contribution >= 0.6 is 12.4 Å². The molecule has 2 nitrogen and oxygen atoms in total. The van der Waals surface area contributed by atoms with Gasteiger partial charge >= 0.3 is 0 Å². The Labute approximate surface area is 182 Å². The fourth-order valence-electron chi connectivity index (χ4n) is 5.54. The summed E-state index contributed by atoms with van der Waals surface area (Å²) >= 11 is 0. The maximum absolute atomic E-state index is 10.2. The lowest BCUT2D eigenvalue weighted by Gasteiger charge is -2.43. The van der Waals surface area contributed by atoms with Crippen molar-refractivity contribution in [1.82, 2.24) is 4.90 Å². The molecule has 1 unspecified atom stereocenters. The third kappa shape index (κ3) is 5.23. The molecular formula is C26H36ClNO. The van der Waals surface area contributed by atoms with Crippen LogP contribution in [0.4, 0.5) is 0 Å². The molecule has 1 heterocycles. The van der Waals surface area contributed by atoms with Crippen molar-refractivity contribution in [2.45, 2.75) is 56.3 Å². The summed E-state index contributed by atoms with van der Waals surface area (Å²) in [7, 11) is 0. The van der Waals surface area contributed by atoms with E-state index in [1.165, 1.54) is 49.8 Å². The Kier molecular flexibility index (Phi) is 8.17. The van der Waals surface area contributed by atoms with Gasteiger partial charge in [-0.05, 0) is 61.7 Å². The van der Waals surface area contributed by atoms with Gasteiger partial charge in [0.1, 0.15) is 0 Å². The second kappa shape index (κ2) is 10.6. The molecule has 0 amide bonds. The number of nitrogens with zero attached hydrogens (tertiary/aromatic N) is 1. The molecule has 0 bridgehead atoms. The molecule has 2 aliphatic rings. The molecule has 4 rings (SSSR count). The van der Waals surface area contributed by atoms with Gasteiger partial charge in [-0.25, -0.2) is 0 Å². The quantitative estimate of drug-likeness (QED) is 0.646. The summed E-state index contributed by atoms with van der Waals surface area (Å²) in [4.78, 5) is 2.67. The molecule has 1 atom stereocenters. The topological polar surface area (TPSA) is 23.5 Å². The Morgan fingerprint density at radius 1 is 0.862 bits per heavy atom. The number of aliphatic hydroxyl groups excluding tert-OH is 1. The van der Waals surface area contributed by atoms with E-state index in [1.807, 2.05) is 0 Å². The standard InChI is InChI=1S/C26H35NO.ClH/c28-21-26(24-14-8-3-9-15-24)16-18-27(19-17-26)20-25(22-10-4-1-5-11-22)23-12-6-2-7-13-23;/h1,3-5,8-11,14-15,23,25,28H,2,6-7,12-13,16-21H2;1H. The number of piperidine rings is 1. The van der Waals surface area contributed by atoms with Crippen LogP contribution in [-0.2, 0) is 5.41 Å². The minimum atomic E-state index is -0.0508. The van der Waals surface area contributed by atoms with Crippen molar-refractivity contribution in [1.29, 1.82) is 0 Å². The summed E-state index contributed by atoms with van der Waals surface area (Å²) in [5.74, 6) is 1.48. The summed E-state index contributed by atoms with van der Waals surface area (Å²) in [6.45, 7) is 3.61. The third-order valence-electron chi connectivity index (χ3n) is 7.40. The van der Waals surface area contributed by atoms with Crippen LogP contribution in [0.25, 0.3) is 0 Å². The van der Waals surface area contributed by atoms with Crippen LogP contribution in [0.1, 0.15) is 62.0 Å². The fraction of sp³-hybridized carbons (Fsp3) is 0.538. The van der Waals surface area contributed by atoms with Crippen LogP contribution in [0.15, 0.2) is 60.7 Å². The number of hydrogen-bond acceptors (Lipinski definition) is 2. The second-order valence-electron chi connectivity index (χ2n) is 9.02. The highest BCUT2D eigenvalue weighted by molar-refractivity contribution is 5.85. The van der Waals surface area contributed by atoms with Crippen molar-refractivity contribution < 1.29 is 5.11 Å². The Morgan fingerprint density at radius 2 is 1.45 bits per heavy atom. The lowest BCUT2D eigenvalue weighted by atomic mass is 9.72. The maximum atomic E-state index is 10.2. The van der Waals surface area contributed by atoms with E-state index >= 15 is 0 Å². The zero-order chi connectivity index (χ0) is 19.2. The number of aliphatic hydroxyl groups is 1. The molecule has 1 aliphatic carbocycles. The van der Waals surface area contributed by atoms with E-state index in [0.29, 0.717) is 5.92 Å². The fourth-order valence-corrected chi connectivity index (χ4v) is 5.54. The molecule has 1 aliphatic heterocycles. The van der Waals surface area contributed by atoms with Gasteiger partial charge in [-0.15, -0.1) is 12.4 Å². The maximum Gasteiger partial charge on any atom is 0.0528 e. The van der Waals surface area contributed by atoms with Gasteiger partial charge in [0, 0.05) is 12.0 Å². The Hall–Kier alpha value is -1.35. The van der Waals surface area contributed by atoms with E-state index < -0.39 is 0 Å². The van der Waals surface area contributed by atoms with Gasteiger partial charge in [-0.3, -0.25) is 0 Å². The molecule has 1 N–H and O–H groups in total. The van der Waals surface area contributed by atoms with Crippen molar-refractivity contribution >= 4 is 12.4 Å². The average molecular weight is 414 g/mol. The first-order valence-corrected chi connectivity index (χ1v) is 11.2. The molecule has 1 saturated heterocycles. The Balaban J connectivity index is 0.00000240. The first-order valence-electron chi connectivity index (χ1n) is 11.2. The van der Waals surface area contributed by atoms with E-state index in [-0.39, 0.29) is 24.4 Å². The van der Waals surface area contributed by atoms with Crippen molar-refractivity contribution in [3.05, 3.63) is 71.8 Å². The SMILES string of the molecule is Cl.OCC1(c2ccccc2)CCN(CC(c2ccccc2)C2CCCCC2)CC1. The van der Waals surface area contributed by atoms with Crippen LogP contribution in [0.5, 0.6) is 0 Å². The molecule has 2 fully saturated rings. The third-order valence-corrected chi connectivity index (χ3v) is 7.40. The minimum absolute atomic E-state index is 0. The van der Waals surface area contributed by atoms with Crippen LogP contribution in [-0.4, -0.2) is 36.2 Å². The molecule has 2 aromatic rings. The zero-order valence-corrected chi connectivity index (χ0v) is 18.3. The molecule has 1 saturated carbocycles. The smallest absolute Gasteiger partial charge is 0.0528 e. The molecule has 158 valence electrons. The zero-order valence-electron chi connectivity index (χ0n) is 17.5. The number of halogens is 1. The number of rotatable bonds is 6.